The van der Waals surface area contributed by atoms with E-state index in [4.69, 9.17) is 14.6 Å². The first-order chi connectivity index (χ1) is 7.99. The molecule has 1 saturated heterocycles. The smallest absolute Gasteiger partial charge is 0.410 e. The summed E-state index contributed by atoms with van der Waals surface area (Å²) >= 11 is 0. The van der Waals surface area contributed by atoms with Crippen LogP contribution in [0.25, 0.3) is 0 Å². The minimum atomic E-state index is -0.966. The first kappa shape index (κ1) is 13.8. The Balaban J connectivity index is 2.25. The highest BCUT2D eigenvalue weighted by Crippen LogP contribution is 2.14. The van der Waals surface area contributed by atoms with Gasteiger partial charge in [0.05, 0.1) is 12.2 Å². The molecule has 1 heterocycles. The fourth-order valence-corrected chi connectivity index (χ4v) is 1.67. The van der Waals surface area contributed by atoms with Crippen molar-refractivity contribution in [1.29, 1.82) is 0 Å². The summed E-state index contributed by atoms with van der Waals surface area (Å²) in [7, 11) is 0. The molecule has 98 valence electrons. The predicted octanol–water partition coefficient (Wildman–Crippen LogP) is 1.10. The molecule has 1 amide bonds. The second-order valence-electron chi connectivity index (χ2n) is 4.32. The molecule has 0 radical (unpaired) electrons. The summed E-state index contributed by atoms with van der Waals surface area (Å²) < 4.78 is 10.3. The summed E-state index contributed by atoms with van der Waals surface area (Å²) in [5.74, 6) is -0.966. The number of piperidine rings is 1. The van der Waals surface area contributed by atoms with Crippen molar-refractivity contribution in [2.24, 2.45) is 0 Å². The number of hydrogen-bond donors (Lipinski definition) is 1. The maximum Gasteiger partial charge on any atom is 0.410 e. The van der Waals surface area contributed by atoms with E-state index < -0.39 is 5.97 Å². The molecule has 1 fully saturated rings. The molecule has 0 saturated carbocycles. The molecule has 0 spiro atoms. The minimum Gasteiger partial charge on any atom is -0.480 e. The number of rotatable bonds is 4. The van der Waals surface area contributed by atoms with Gasteiger partial charge in [-0.3, -0.25) is 0 Å². The van der Waals surface area contributed by atoms with Gasteiger partial charge in [0.1, 0.15) is 6.61 Å². The second kappa shape index (κ2) is 6.44. The van der Waals surface area contributed by atoms with Crippen LogP contribution in [0.4, 0.5) is 4.79 Å². The van der Waals surface area contributed by atoms with E-state index in [9.17, 15) is 9.59 Å². The number of ether oxygens (including phenoxy) is 2. The lowest BCUT2D eigenvalue weighted by molar-refractivity contribution is -0.145. The Morgan fingerprint density at radius 1 is 1.35 bits per heavy atom. The average Bonchev–Trinajstić information content (AvgIpc) is 2.26. The topological polar surface area (TPSA) is 76.1 Å². The van der Waals surface area contributed by atoms with Crippen LogP contribution in [0.15, 0.2) is 0 Å². The van der Waals surface area contributed by atoms with Crippen LogP contribution in [0, 0.1) is 0 Å². The number of carboxylic acid groups (broad SMARTS) is 1. The van der Waals surface area contributed by atoms with E-state index in [0.29, 0.717) is 25.9 Å². The lowest BCUT2D eigenvalue weighted by Crippen LogP contribution is -2.42. The molecule has 17 heavy (non-hydrogen) atoms. The zero-order chi connectivity index (χ0) is 12.8. The molecule has 0 aromatic rings. The average molecular weight is 245 g/mol. The minimum absolute atomic E-state index is 0.0748. The molecule has 6 nitrogen and oxygen atoms in total. The first-order valence-corrected chi connectivity index (χ1v) is 5.78. The van der Waals surface area contributed by atoms with Gasteiger partial charge in [-0.15, -0.1) is 0 Å². The van der Waals surface area contributed by atoms with Crippen LogP contribution in [-0.2, 0) is 14.3 Å². The number of nitrogens with zero attached hydrogens (tertiary/aromatic N) is 1. The van der Waals surface area contributed by atoms with Gasteiger partial charge in [-0.1, -0.05) is 0 Å². The van der Waals surface area contributed by atoms with Crippen LogP contribution >= 0.6 is 0 Å². The number of carbonyl (C=O) groups excluding carboxylic acids is 1. The Morgan fingerprint density at radius 3 is 2.41 bits per heavy atom. The van der Waals surface area contributed by atoms with Gasteiger partial charge in [0.2, 0.25) is 0 Å². The molecule has 0 aliphatic carbocycles. The monoisotopic (exact) mass is 245 g/mol. The Hall–Kier alpha value is -1.30. The molecule has 1 N–H and O–H groups in total. The predicted molar refractivity (Wildman–Crippen MR) is 59.8 cm³/mol. The number of carboxylic acids is 1. The number of aliphatic carboxylic acids is 1. The summed E-state index contributed by atoms with van der Waals surface area (Å²) in [6.45, 7) is 4.44. The SMILES string of the molecule is CC(C)OC(=O)N1CCC(OCC(=O)O)CC1. The third-order valence-corrected chi connectivity index (χ3v) is 2.48. The molecule has 0 atom stereocenters. The normalized spacial score (nSPS) is 17.2. The Labute approximate surface area is 100 Å². The molecule has 0 aromatic carbocycles. The van der Waals surface area contributed by atoms with Gasteiger partial charge < -0.3 is 19.5 Å². The van der Waals surface area contributed by atoms with Gasteiger partial charge in [-0.05, 0) is 26.7 Å². The van der Waals surface area contributed by atoms with Crippen molar-refractivity contribution >= 4 is 12.1 Å². The van der Waals surface area contributed by atoms with Gasteiger partial charge in [0, 0.05) is 13.1 Å². The summed E-state index contributed by atoms with van der Waals surface area (Å²) in [6.07, 6.45) is 0.801. The van der Waals surface area contributed by atoms with Crippen LogP contribution in [0.5, 0.6) is 0 Å². The quantitative estimate of drug-likeness (QED) is 0.802. The van der Waals surface area contributed by atoms with Gasteiger partial charge in [-0.25, -0.2) is 9.59 Å². The highest BCUT2D eigenvalue weighted by Gasteiger charge is 2.24. The highest BCUT2D eigenvalue weighted by molar-refractivity contribution is 5.68. The van der Waals surface area contributed by atoms with E-state index >= 15 is 0 Å². The van der Waals surface area contributed by atoms with E-state index in [1.165, 1.54) is 0 Å². The van der Waals surface area contributed by atoms with Crippen molar-refractivity contribution in [2.75, 3.05) is 19.7 Å². The molecule has 1 aliphatic heterocycles. The van der Waals surface area contributed by atoms with Crippen molar-refractivity contribution in [3.63, 3.8) is 0 Å². The Morgan fingerprint density at radius 2 is 1.94 bits per heavy atom. The van der Waals surface area contributed by atoms with Gasteiger partial charge >= 0.3 is 12.1 Å². The van der Waals surface area contributed by atoms with E-state index in [0.717, 1.165) is 0 Å². The van der Waals surface area contributed by atoms with Gasteiger partial charge in [0.15, 0.2) is 0 Å². The van der Waals surface area contributed by atoms with Gasteiger partial charge in [0.25, 0.3) is 0 Å². The van der Waals surface area contributed by atoms with Crippen molar-refractivity contribution in [2.45, 2.75) is 38.9 Å². The molecular formula is C11H19NO5. The van der Waals surface area contributed by atoms with Crippen LogP contribution in [0.1, 0.15) is 26.7 Å². The number of hydrogen-bond acceptors (Lipinski definition) is 4. The third kappa shape index (κ3) is 5.04. The summed E-state index contributed by atoms with van der Waals surface area (Å²) in [6, 6.07) is 0. The van der Waals surface area contributed by atoms with Crippen molar-refractivity contribution in [3.05, 3.63) is 0 Å². The largest absolute Gasteiger partial charge is 0.480 e. The second-order valence-corrected chi connectivity index (χ2v) is 4.32. The fourth-order valence-electron chi connectivity index (χ4n) is 1.67. The van der Waals surface area contributed by atoms with Crippen LogP contribution < -0.4 is 0 Å². The van der Waals surface area contributed by atoms with Crippen LogP contribution in [-0.4, -0.2) is 54.0 Å². The van der Waals surface area contributed by atoms with Gasteiger partial charge in [-0.2, -0.15) is 0 Å². The van der Waals surface area contributed by atoms with Crippen LogP contribution in [0.2, 0.25) is 0 Å². The Bertz CT molecular complexity index is 271. The molecule has 0 unspecified atom stereocenters. The molecular weight excluding hydrogens is 226 g/mol. The Kier molecular flexibility index (Phi) is 5.21. The van der Waals surface area contributed by atoms with Crippen molar-refractivity contribution in [1.82, 2.24) is 4.90 Å². The lowest BCUT2D eigenvalue weighted by atomic mass is 10.1. The number of amides is 1. The highest BCUT2D eigenvalue weighted by atomic mass is 16.6. The summed E-state index contributed by atoms with van der Waals surface area (Å²) in [4.78, 5) is 23.5. The number of carbonyl (C=O) groups is 2. The summed E-state index contributed by atoms with van der Waals surface area (Å²) in [5, 5.41) is 8.47. The maximum atomic E-state index is 11.6. The van der Waals surface area contributed by atoms with Crippen LogP contribution in [0.3, 0.4) is 0 Å². The van der Waals surface area contributed by atoms with Crippen molar-refractivity contribution < 1.29 is 24.2 Å². The first-order valence-electron chi connectivity index (χ1n) is 5.78. The molecule has 0 aromatic heterocycles. The third-order valence-electron chi connectivity index (χ3n) is 2.48. The summed E-state index contributed by atoms with van der Waals surface area (Å²) in [5.41, 5.74) is 0. The van der Waals surface area contributed by atoms with E-state index in [2.05, 4.69) is 0 Å². The fraction of sp³-hybridized carbons (Fsp3) is 0.818. The zero-order valence-electron chi connectivity index (χ0n) is 10.2. The molecule has 1 aliphatic rings. The van der Waals surface area contributed by atoms with E-state index in [-0.39, 0.29) is 24.9 Å². The van der Waals surface area contributed by atoms with Crippen molar-refractivity contribution in [3.8, 4) is 0 Å². The lowest BCUT2D eigenvalue weighted by Gasteiger charge is -2.31. The van der Waals surface area contributed by atoms with E-state index in [1.54, 1.807) is 18.7 Å². The van der Waals surface area contributed by atoms with E-state index in [1.807, 2.05) is 0 Å². The number of likely N-dealkylation sites (tertiary alicyclic amines) is 1. The maximum absolute atomic E-state index is 11.6. The molecule has 0 bridgehead atoms. The molecule has 1 rings (SSSR count). The standard InChI is InChI=1S/C11H19NO5/c1-8(2)17-11(15)12-5-3-9(4-6-12)16-7-10(13)14/h8-9H,3-7H2,1-2H3,(H,13,14). The zero-order valence-corrected chi connectivity index (χ0v) is 10.2. The molecule has 6 heteroatoms.